The van der Waals surface area contributed by atoms with Crippen molar-refractivity contribution < 1.29 is 33.5 Å². The smallest absolute Gasteiger partial charge is 0.410 e. The Morgan fingerprint density at radius 3 is 2.22 bits per heavy atom. The topological polar surface area (TPSA) is 122 Å². The number of likely N-dealkylation sites (tertiary alicyclic amines) is 1. The fraction of sp³-hybridized carbons (Fsp3) is 0.355. The fourth-order valence-corrected chi connectivity index (χ4v) is 5.37. The monoisotopic (exact) mass is 559 g/mol. The first kappa shape index (κ1) is 27.9. The van der Waals surface area contributed by atoms with Crippen LogP contribution >= 0.6 is 0 Å². The molecule has 3 heterocycles. The number of aliphatic hydroxyl groups is 1. The van der Waals surface area contributed by atoms with Gasteiger partial charge in [-0.3, -0.25) is 14.5 Å². The summed E-state index contributed by atoms with van der Waals surface area (Å²) in [5, 5.41) is 15.4. The number of Topliss-reactive ketones (excluding diaryl/α,β-unsaturated/α-hetero) is 1. The van der Waals surface area contributed by atoms with Crippen molar-refractivity contribution in [2.24, 2.45) is 5.92 Å². The van der Waals surface area contributed by atoms with Gasteiger partial charge in [0.15, 0.2) is 0 Å². The fourth-order valence-electron chi connectivity index (χ4n) is 5.37. The number of amides is 2. The number of ketones is 1. The molecule has 2 fully saturated rings. The summed E-state index contributed by atoms with van der Waals surface area (Å²) >= 11 is 0. The van der Waals surface area contributed by atoms with E-state index in [1.54, 1.807) is 59.5 Å². The summed E-state index contributed by atoms with van der Waals surface area (Å²) in [6.07, 6.45) is 2.10. The third kappa shape index (κ3) is 5.68. The van der Waals surface area contributed by atoms with Gasteiger partial charge in [-0.2, -0.15) is 0 Å². The number of anilines is 1. The molecular formula is C31H33N3O7. The molecule has 2 aromatic carbocycles. The zero-order valence-corrected chi connectivity index (χ0v) is 23.5. The Labute approximate surface area is 238 Å². The molecule has 0 bridgehead atoms. The van der Waals surface area contributed by atoms with Gasteiger partial charge < -0.3 is 24.0 Å². The van der Waals surface area contributed by atoms with Gasteiger partial charge in [0.05, 0.1) is 18.7 Å². The Hall–Kier alpha value is -4.60. The molecule has 2 aliphatic rings. The summed E-state index contributed by atoms with van der Waals surface area (Å²) in [5.41, 5.74) is 1.79. The van der Waals surface area contributed by atoms with E-state index in [2.05, 4.69) is 5.16 Å². The number of hydrogen-bond donors (Lipinski definition) is 1. The Kier molecular flexibility index (Phi) is 7.57. The molecule has 10 heteroatoms. The van der Waals surface area contributed by atoms with Crippen molar-refractivity contribution >= 4 is 29.2 Å². The summed E-state index contributed by atoms with van der Waals surface area (Å²) in [7, 11) is 1.54. The normalized spacial score (nSPS) is 19.5. The maximum absolute atomic E-state index is 13.5. The van der Waals surface area contributed by atoms with Gasteiger partial charge in [-0.1, -0.05) is 17.3 Å². The lowest BCUT2D eigenvalue weighted by atomic mass is 9.84. The lowest BCUT2D eigenvalue weighted by Gasteiger charge is -2.38. The number of rotatable bonds is 5. The number of ether oxygens (including phenoxy) is 2. The number of piperidine rings is 1. The molecule has 0 spiro atoms. The molecular weight excluding hydrogens is 526 g/mol. The van der Waals surface area contributed by atoms with E-state index >= 15 is 0 Å². The van der Waals surface area contributed by atoms with Gasteiger partial charge in [0, 0.05) is 36.0 Å². The van der Waals surface area contributed by atoms with Crippen LogP contribution in [-0.2, 0) is 14.3 Å². The quantitative estimate of drug-likeness (QED) is 0.256. The van der Waals surface area contributed by atoms with Crippen molar-refractivity contribution in [1.29, 1.82) is 0 Å². The Balaban J connectivity index is 1.50. The van der Waals surface area contributed by atoms with Crippen molar-refractivity contribution in [2.45, 2.75) is 45.3 Å². The van der Waals surface area contributed by atoms with Crippen molar-refractivity contribution in [3.63, 3.8) is 0 Å². The maximum atomic E-state index is 13.5. The van der Waals surface area contributed by atoms with Crippen molar-refractivity contribution in [1.82, 2.24) is 10.1 Å². The van der Waals surface area contributed by atoms with Crippen LogP contribution in [0.15, 0.2) is 71.0 Å². The van der Waals surface area contributed by atoms with Crippen LogP contribution in [-0.4, -0.2) is 64.8 Å². The standard InChI is InChI=1S/C31H33N3O7/c1-31(2,3)41-30(38)33-16-13-20(14-17-33)26-25(27(35)21-7-11-23(39-4)12-8-21)28(36)29(37)34(26)22-9-5-19(6-10-22)24-15-18-40-32-24/h5-12,15,18,20,26,35H,13-14,16-17H2,1-4H3/b27-25-. The molecule has 2 amide bonds. The zero-order valence-electron chi connectivity index (χ0n) is 23.5. The SMILES string of the molecule is COc1ccc(/C(O)=C2/C(=O)C(=O)N(c3ccc(-c4ccon4)cc3)C2C2CCN(C(=O)OC(C)(C)C)CC2)cc1. The molecule has 214 valence electrons. The Morgan fingerprint density at radius 1 is 1.00 bits per heavy atom. The minimum Gasteiger partial charge on any atom is -0.507 e. The van der Waals surface area contributed by atoms with Gasteiger partial charge in [-0.05, 0) is 75.9 Å². The van der Waals surface area contributed by atoms with Crippen molar-refractivity contribution in [3.05, 3.63) is 72.0 Å². The van der Waals surface area contributed by atoms with Crippen LogP contribution in [0.2, 0.25) is 0 Å². The zero-order chi connectivity index (χ0) is 29.3. The third-order valence-electron chi connectivity index (χ3n) is 7.37. The molecule has 2 saturated heterocycles. The van der Waals surface area contributed by atoms with Gasteiger partial charge >= 0.3 is 6.09 Å². The highest BCUT2D eigenvalue weighted by Gasteiger charge is 2.50. The van der Waals surface area contributed by atoms with Crippen molar-refractivity contribution in [3.8, 4) is 17.0 Å². The molecule has 41 heavy (non-hydrogen) atoms. The van der Waals surface area contributed by atoms with E-state index in [9.17, 15) is 19.5 Å². The number of carbonyl (C=O) groups is 3. The maximum Gasteiger partial charge on any atom is 0.410 e. The minimum absolute atomic E-state index is 0.0523. The molecule has 0 radical (unpaired) electrons. The van der Waals surface area contributed by atoms with E-state index in [4.69, 9.17) is 14.0 Å². The molecule has 0 aliphatic carbocycles. The Bertz CT molecular complexity index is 1450. The number of hydrogen-bond acceptors (Lipinski definition) is 8. The second-order valence-electron chi connectivity index (χ2n) is 11.2. The molecule has 5 rings (SSSR count). The summed E-state index contributed by atoms with van der Waals surface area (Å²) < 4.78 is 15.7. The highest BCUT2D eigenvalue weighted by Crippen LogP contribution is 2.40. The van der Waals surface area contributed by atoms with Crippen LogP contribution in [0.3, 0.4) is 0 Å². The molecule has 1 atom stereocenters. The molecule has 3 aromatic rings. The minimum atomic E-state index is -0.751. The first-order chi connectivity index (χ1) is 19.6. The second-order valence-corrected chi connectivity index (χ2v) is 11.2. The first-order valence-electron chi connectivity index (χ1n) is 13.5. The highest BCUT2D eigenvalue weighted by atomic mass is 16.6. The van der Waals surface area contributed by atoms with Crippen LogP contribution in [0.25, 0.3) is 17.0 Å². The van der Waals surface area contributed by atoms with Gasteiger partial charge in [0.1, 0.15) is 29.1 Å². The average Bonchev–Trinajstić information content (AvgIpc) is 3.59. The summed E-state index contributed by atoms with van der Waals surface area (Å²) in [6, 6.07) is 14.8. The van der Waals surface area contributed by atoms with Gasteiger partial charge in [0.25, 0.3) is 11.7 Å². The molecule has 1 aromatic heterocycles. The largest absolute Gasteiger partial charge is 0.507 e. The first-order valence-corrected chi connectivity index (χ1v) is 13.5. The summed E-state index contributed by atoms with van der Waals surface area (Å²) in [5.74, 6) is -1.31. The van der Waals surface area contributed by atoms with Crippen LogP contribution in [0.4, 0.5) is 10.5 Å². The van der Waals surface area contributed by atoms with Gasteiger partial charge in [0.2, 0.25) is 0 Å². The van der Waals surface area contributed by atoms with E-state index < -0.39 is 29.4 Å². The predicted molar refractivity (Wildman–Crippen MR) is 151 cm³/mol. The van der Waals surface area contributed by atoms with Crippen LogP contribution in [0.5, 0.6) is 5.75 Å². The van der Waals surface area contributed by atoms with E-state index in [0.29, 0.717) is 48.6 Å². The average molecular weight is 560 g/mol. The number of aliphatic hydroxyl groups excluding tert-OH is 1. The predicted octanol–water partition coefficient (Wildman–Crippen LogP) is 5.25. The number of benzene rings is 2. The van der Waals surface area contributed by atoms with Crippen LogP contribution in [0, 0.1) is 5.92 Å². The third-order valence-corrected chi connectivity index (χ3v) is 7.37. The number of aromatic nitrogens is 1. The van der Waals surface area contributed by atoms with E-state index in [0.717, 1.165) is 5.56 Å². The summed E-state index contributed by atoms with van der Waals surface area (Å²) in [4.78, 5) is 42.9. The molecule has 2 aliphatic heterocycles. The van der Waals surface area contributed by atoms with Gasteiger partial charge in [-0.15, -0.1) is 0 Å². The lowest BCUT2D eigenvalue weighted by Crippen LogP contribution is -2.47. The van der Waals surface area contributed by atoms with Crippen molar-refractivity contribution in [2.75, 3.05) is 25.1 Å². The molecule has 1 unspecified atom stereocenters. The molecule has 0 saturated carbocycles. The Morgan fingerprint density at radius 2 is 1.66 bits per heavy atom. The van der Waals surface area contributed by atoms with Crippen LogP contribution in [0.1, 0.15) is 39.2 Å². The lowest BCUT2D eigenvalue weighted by molar-refractivity contribution is -0.132. The summed E-state index contributed by atoms with van der Waals surface area (Å²) in [6.45, 7) is 6.25. The molecule has 10 nitrogen and oxygen atoms in total. The van der Waals surface area contributed by atoms with Gasteiger partial charge in [-0.25, -0.2) is 4.79 Å². The number of methoxy groups -OCH3 is 1. The number of nitrogens with zero attached hydrogens (tertiary/aromatic N) is 3. The second kappa shape index (κ2) is 11.1. The molecule has 1 N–H and O–H groups in total. The highest BCUT2D eigenvalue weighted by molar-refractivity contribution is 6.51. The van der Waals surface area contributed by atoms with Crippen LogP contribution < -0.4 is 9.64 Å². The van der Waals surface area contributed by atoms with E-state index in [1.165, 1.54) is 18.3 Å². The van der Waals surface area contributed by atoms with E-state index in [-0.39, 0.29) is 17.3 Å². The number of carbonyl (C=O) groups excluding carboxylic acids is 3. The van der Waals surface area contributed by atoms with E-state index in [1.807, 2.05) is 20.8 Å².